The SMILES string of the molecule is CO[C@@H]1C[C@H](C(=O)Nc2ccc(-n3ccc(C)c([N+](=O)[O-])c3=O)cc2F)N(C(=O)Nc2ccc(Cl)cn2)C1. The molecule has 0 aliphatic carbocycles. The van der Waals surface area contributed by atoms with E-state index in [1.165, 1.54) is 55.6 Å². The number of hydrogen-bond acceptors (Lipinski definition) is 7. The quantitative estimate of drug-likeness (QED) is 0.356. The van der Waals surface area contributed by atoms with Gasteiger partial charge in [0.2, 0.25) is 5.91 Å². The lowest BCUT2D eigenvalue weighted by Gasteiger charge is -2.24. The average Bonchev–Trinajstić information content (AvgIpc) is 3.32. The van der Waals surface area contributed by atoms with Gasteiger partial charge in [0.15, 0.2) is 0 Å². The van der Waals surface area contributed by atoms with Crippen LogP contribution in [0.5, 0.6) is 0 Å². The standard InChI is InChI=1S/C24H22ClFN6O6/c1-13-7-8-30(23(34)21(13)32(36)37)15-4-5-18(17(26)9-15)28-22(33)19-10-16(38-2)12-31(19)24(35)29-20-6-3-14(25)11-27-20/h3-9,11,16,19H,10,12H2,1-2H3,(H,28,33)(H,27,29,35)/t16-,19-/m1/s1. The third kappa shape index (κ3) is 5.48. The number of pyridine rings is 2. The van der Waals surface area contributed by atoms with Gasteiger partial charge in [-0.3, -0.25) is 29.6 Å². The molecule has 3 heterocycles. The van der Waals surface area contributed by atoms with Crippen molar-refractivity contribution in [1.29, 1.82) is 0 Å². The Balaban J connectivity index is 1.53. The van der Waals surface area contributed by atoms with E-state index in [9.17, 15) is 28.9 Å². The minimum Gasteiger partial charge on any atom is -0.380 e. The zero-order valence-electron chi connectivity index (χ0n) is 20.2. The van der Waals surface area contributed by atoms with E-state index in [-0.39, 0.29) is 35.7 Å². The second-order valence-electron chi connectivity index (χ2n) is 8.49. The van der Waals surface area contributed by atoms with Crippen molar-refractivity contribution in [3.8, 4) is 5.69 Å². The van der Waals surface area contributed by atoms with Gasteiger partial charge in [0.25, 0.3) is 0 Å². The van der Waals surface area contributed by atoms with Gasteiger partial charge in [-0.2, -0.15) is 0 Å². The van der Waals surface area contributed by atoms with Gasteiger partial charge in [-0.25, -0.2) is 14.2 Å². The van der Waals surface area contributed by atoms with Gasteiger partial charge < -0.3 is 15.0 Å². The number of benzene rings is 1. The van der Waals surface area contributed by atoms with Crippen LogP contribution >= 0.6 is 11.6 Å². The number of nitro groups is 1. The number of likely N-dealkylation sites (tertiary alicyclic amines) is 1. The van der Waals surface area contributed by atoms with Crippen molar-refractivity contribution >= 4 is 40.7 Å². The Hall–Kier alpha value is -4.36. The lowest BCUT2D eigenvalue weighted by Crippen LogP contribution is -2.45. The monoisotopic (exact) mass is 544 g/mol. The number of rotatable bonds is 6. The van der Waals surface area contributed by atoms with Crippen LogP contribution < -0.4 is 16.2 Å². The third-order valence-electron chi connectivity index (χ3n) is 6.06. The second-order valence-corrected chi connectivity index (χ2v) is 8.92. The van der Waals surface area contributed by atoms with E-state index in [2.05, 4.69) is 15.6 Å². The highest BCUT2D eigenvalue weighted by Gasteiger charge is 2.40. The predicted octanol–water partition coefficient (Wildman–Crippen LogP) is 3.50. The lowest BCUT2D eigenvalue weighted by molar-refractivity contribution is -0.387. The molecule has 198 valence electrons. The molecule has 0 radical (unpaired) electrons. The van der Waals surface area contributed by atoms with Gasteiger partial charge in [-0.05, 0) is 37.3 Å². The number of anilines is 2. The minimum atomic E-state index is -0.978. The molecule has 1 aliphatic heterocycles. The van der Waals surface area contributed by atoms with E-state index in [1.807, 2.05) is 0 Å². The molecule has 14 heteroatoms. The number of ether oxygens (including phenoxy) is 1. The number of urea groups is 1. The first-order valence-corrected chi connectivity index (χ1v) is 11.7. The Bertz CT molecular complexity index is 1460. The van der Waals surface area contributed by atoms with Crippen LogP contribution in [0.1, 0.15) is 12.0 Å². The minimum absolute atomic E-state index is 0.0328. The second kappa shape index (κ2) is 10.9. The summed E-state index contributed by atoms with van der Waals surface area (Å²) in [6.07, 6.45) is 2.41. The molecule has 2 atom stereocenters. The Labute approximate surface area is 220 Å². The Kier molecular flexibility index (Phi) is 7.69. The number of methoxy groups -OCH3 is 1. The zero-order valence-corrected chi connectivity index (χ0v) is 20.9. The first-order valence-electron chi connectivity index (χ1n) is 11.3. The molecule has 2 N–H and O–H groups in total. The van der Waals surface area contributed by atoms with Gasteiger partial charge >= 0.3 is 17.3 Å². The van der Waals surface area contributed by atoms with E-state index in [1.54, 1.807) is 6.07 Å². The number of hydrogen-bond donors (Lipinski definition) is 2. The third-order valence-corrected chi connectivity index (χ3v) is 6.29. The van der Waals surface area contributed by atoms with E-state index in [0.717, 1.165) is 10.6 Å². The first kappa shape index (κ1) is 26.7. The van der Waals surface area contributed by atoms with Gasteiger partial charge in [-0.15, -0.1) is 0 Å². The molecular formula is C24H22ClFN6O6. The van der Waals surface area contributed by atoms with Crippen LogP contribution in [0.15, 0.2) is 53.6 Å². The Morgan fingerprint density at radius 3 is 2.63 bits per heavy atom. The molecule has 0 spiro atoms. The predicted molar refractivity (Wildman–Crippen MR) is 136 cm³/mol. The van der Waals surface area contributed by atoms with E-state index < -0.39 is 46.1 Å². The molecule has 2 aromatic heterocycles. The highest BCUT2D eigenvalue weighted by molar-refractivity contribution is 6.30. The summed E-state index contributed by atoms with van der Waals surface area (Å²) in [5.74, 6) is -1.31. The molecule has 0 saturated carbocycles. The fourth-order valence-corrected chi connectivity index (χ4v) is 4.20. The van der Waals surface area contributed by atoms with Crippen molar-refractivity contribution in [2.24, 2.45) is 0 Å². The average molecular weight is 545 g/mol. The maximum Gasteiger partial charge on any atom is 0.337 e. The van der Waals surface area contributed by atoms with Crippen molar-refractivity contribution in [3.05, 3.63) is 85.7 Å². The molecule has 38 heavy (non-hydrogen) atoms. The number of halogens is 2. The Morgan fingerprint density at radius 2 is 2.00 bits per heavy atom. The molecular weight excluding hydrogens is 523 g/mol. The fourth-order valence-electron chi connectivity index (χ4n) is 4.08. The number of amides is 3. The highest BCUT2D eigenvalue weighted by atomic mass is 35.5. The van der Waals surface area contributed by atoms with Crippen LogP contribution in [0.2, 0.25) is 5.02 Å². The largest absolute Gasteiger partial charge is 0.380 e. The summed E-state index contributed by atoms with van der Waals surface area (Å²) >= 11 is 5.82. The van der Waals surface area contributed by atoms with E-state index in [4.69, 9.17) is 16.3 Å². The van der Waals surface area contributed by atoms with Gasteiger partial charge in [0, 0.05) is 44.1 Å². The normalized spacial score (nSPS) is 16.8. The van der Waals surface area contributed by atoms with Crippen molar-refractivity contribution in [3.63, 3.8) is 0 Å². The summed E-state index contributed by atoms with van der Waals surface area (Å²) in [4.78, 5) is 54.2. The number of aromatic nitrogens is 2. The summed E-state index contributed by atoms with van der Waals surface area (Å²) in [5, 5.41) is 16.7. The molecule has 0 bridgehead atoms. The fraction of sp³-hybridized carbons (Fsp3) is 0.250. The zero-order chi connectivity index (χ0) is 27.6. The molecule has 1 aliphatic rings. The summed E-state index contributed by atoms with van der Waals surface area (Å²) in [6, 6.07) is 6.38. The molecule has 1 saturated heterocycles. The molecule has 1 fully saturated rings. The summed E-state index contributed by atoms with van der Waals surface area (Å²) in [7, 11) is 1.46. The topological polar surface area (TPSA) is 149 Å². The molecule has 1 aromatic carbocycles. The number of nitrogens with zero attached hydrogens (tertiary/aromatic N) is 4. The first-order chi connectivity index (χ1) is 18.1. The molecule has 3 aromatic rings. The Morgan fingerprint density at radius 1 is 1.24 bits per heavy atom. The van der Waals surface area contributed by atoms with E-state index >= 15 is 0 Å². The highest BCUT2D eigenvalue weighted by Crippen LogP contribution is 2.25. The molecule has 3 amide bonds. The van der Waals surface area contributed by atoms with Crippen molar-refractivity contribution in [2.75, 3.05) is 24.3 Å². The molecule has 4 rings (SSSR count). The maximum absolute atomic E-state index is 15.0. The van der Waals surface area contributed by atoms with Crippen LogP contribution in [-0.4, -0.2) is 57.1 Å². The molecule has 12 nitrogen and oxygen atoms in total. The van der Waals surface area contributed by atoms with Crippen LogP contribution in [-0.2, 0) is 9.53 Å². The number of carbonyl (C=O) groups excluding carboxylic acids is 2. The van der Waals surface area contributed by atoms with Gasteiger partial charge in [0.05, 0.1) is 27.4 Å². The van der Waals surface area contributed by atoms with Crippen LogP contribution in [0.3, 0.4) is 0 Å². The number of aryl methyl sites for hydroxylation is 1. The van der Waals surface area contributed by atoms with E-state index in [0.29, 0.717) is 5.02 Å². The van der Waals surface area contributed by atoms with Crippen LogP contribution in [0.4, 0.5) is 26.4 Å². The number of nitrogens with one attached hydrogen (secondary N) is 2. The van der Waals surface area contributed by atoms with Crippen LogP contribution in [0.25, 0.3) is 5.69 Å². The summed E-state index contributed by atoms with van der Waals surface area (Å²) < 4.78 is 21.2. The van der Waals surface area contributed by atoms with Crippen molar-refractivity contribution in [1.82, 2.24) is 14.5 Å². The summed E-state index contributed by atoms with van der Waals surface area (Å²) in [6.45, 7) is 1.54. The smallest absolute Gasteiger partial charge is 0.337 e. The lowest BCUT2D eigenvalue weighted by atomic mass is 10.1. The summed E-state index contributed by atoms with van der Waals surface area (Å²) in [5.41, 5.74) is -1.53. The van der Waals surface area contributed by atoms with Crippen molar-refractivity contribution < 1.29 is 23.6 Å². The van der Waals surface area contributed by atoms with Gasteiger partial charge in [0.1, 0.15) is 17.7 Å². The van der Waals surface area contributed by atoms with Crippen LogP contribution in [0, 0.1) is 22.9 Å². The molecule has 0 unspecified atom stereocenters. The number of carbonyl (C=O) groups is 2. The van der Waals surface area contributed by atoms with Gasteiger partial charge in [-0.1, -0.05) is 11.6 Å². The van der Waals surface area contributed by atoms with Crippen molar-refractivity contribution in [2.45, 2.75) is 25.5 Å². The maximum atomic E-state index is 15.0.